The van der Waals surface area contributed by atoms with Gasteiger partial charge in [0, 0.05) is 100.0 Å². The van der Waals surface area contributed by atoms with E-state index in [4.69, 9.17) is 4.84 Å². The zero-order valence-electron chi connectivity index (χ0n) is 61.6. The van der Waals surface area contributed by atoms with Crippen molar-refractivity contribution in [1.82, 2.24) is 24.3 Å². The monoisotopic (exact) mass is 1450 g/mol. The molecule has 17 heteroatoms. The molecule has 0 spiro atoms. The van der Waals surface area contributed by atoms with Crippen LogP contribution in [0.4, 0.5) is 0 Å². The maximum absolute atomic E-state index is 16.2. The number of fused-ring (bicyclic) bond motifs is 7. The summed E-state index contributed by atoms with van der Waals surface area (Å²) in [6, 6.07) is 29.3. The van der Waals surface area contributed by atoms with E-state index in [1.54, 1.807) is 0 Å². The fraction of sp³-hybridized carbons (Fsp3) is 0.360. The number of aromatic nitrogens is 1. The Bertz CT molecular complexity index is 6030. The molecule has 3 aromatic heterocycles. The molecule has 0 saturated heterocycles. The molecule has 106 heavy (non-hydrogen) atoms. The predicted octanol–water partition coefficient (Wildman–Crippen LogP) is 21.2. The van der Waals surface area contributed by atoms with Gasteiger partial charge in [0.15, 0.2) is 0 Å². The van der Waals surface area contributed by atoms with Crippen molar-refractivity contribution >= 4 is 176 Å². The summed E-state index contributed by atoms with van der Waals surface area (Å²) in [5, 5.41) is 11.5. The second kappa shape index (κ2) is 26.5. The number of unbranched alkanes of at least 4 members (excludes halogenated alkanes) is 1. The van der Waals surface area contributed by atoms with Crippen molar-refractivity contribution in [3.8, 4) is 20.9 Å². The molecule has 0 N–H and O–H groups in total. The second-order valence-electron chi connectivity index (χ2n) is 30.0. The molecule has 13 aromatic rings. The Hall–Kier alpha value is -9.97. The van der Waals surface area contributed by atoms with Gasteiger partial charge in [0.05, 0.1) is 25.9 Å². The van der Waals surface area contributed by atoms with Crippen molar-refractivity contribution < 1.29 is 43.2 Å². The topological polar surface area (TPSA) is 181 Å². The smallest absolute Gasteiger partial charge is 0.292 e. The van der Waals surface area contributed by atoms with E-state index in [2.05, 4.69) is 62.3 Å². The largest absolute Gasteiger partial charge is 0.410 e. The van der Waals surface area contributed by atoms with E-state index in [0.717, 1.165) is 122 Å². The van der Waals surface area contributed by atoms with Gasteiger partial charge in [0.25, 0.3) is 52.8 Å². The van der Waals surface area contributed by atoms with E-state index in [1.807, 2.05) is 97.1 Å². The van der Waals surface area contributed by atoms with E-state index < -0.39 is 29.5 Å². The highest BCUT2D eigenvalue weighted by Gasteiger charge is 2.45. The van der Waals surface area contributed by atoms with Crippen molar-refractivity contribution in [3.63, 3.8) is 0 Å². The van der Waals surface area contributed by atoms with Crippen LogP contribution < -0.4 is 10.4 Å². The van der Waals surface area contributed by atoms with Gasteiger partial charge >= 0.3 is 0 Å². The Morgan fingerprint density at radius 1 is 0.292 bits per heavy atom. The first-order chi connectivity index (χ1) is 51.5. The van der Waals surface area contributed by atoms with Gasteiger partial charge in [-0.1, -0.05) is 156 Å². The lowest BCUT2D eigenvalue weighted by atomic mass is 9.80. The highest BCUT2D eigenvalue weighted by molar-refractivity contribution is 7.30. The number of nitrogens with zero attached hydrogens (tertiary/aromatic N) is 5. The summed E-state index contributed by atoms with van der Waals surface area (Å²) in [7, 11) is 0. The molecule has 17 rings (SSSR count). The third kappa shape index (κ3) is 9.74. The summed E-state index contributed by atoms with van der Waals surface area (Å²) in [6.45, 7) is 18.8. The number of pyridine rings is 1. The third-order valence-corrected chi connectivity index (χ3v) is 26.1. The number of carbonyl (C=O) groups excluding carboxylic acids is 8. The van der Waals surface area contributed by atoms with Crippen LogP contribution in [0.25, 0.3) is 127 Å². The van der Waals surface area contributed by atoms with Crippen molar-refractivity contribution in [2.45, 2.75) is 202 Å². The maximum Gasteiger partial charge on any atom is 0.292 e. The molecule has 0 bridgehead atoms. The Morgan fingerprint density at radius 3 is 0.915 bits per heavy atom. The van der Waals surface area contributed by atoms with Crippen LogP contribution in [0.5, 0.6) is 0 Å². The highest BCUT2D eigenvalue weighted by atomic mass is 32.1. The molecule has 0 aliphatic carbocycles. The first-order valence-electron chi connectivity index (χ1n) is 38.8. The van der Waals surface area contributed by atoms with Crippen LogP contribution in [0.1, 0.15) is 261 Å². The first-order valence-corrected chi connectivity index (χ1v) is 40.4. The van der Waals surface area contributed by atoms with Crippen LogP contribution >= 0.6 is 22.7 Å². The normalized spacial score (nSPS) is 14.9. The summed E-state index contributed by atoms with van der Waals surface area (Å²) in [5.41, 5.74) is 4.39. The zero-order valence-corrected chi connectivity index (χ0v) is 63.3. The van der Waals surface area contributed by atoms with Gasteiger partial charge in [-0.05, 0) is 183 Å². The van der Waals surface area contributed by atoms with E-state index in [0.29, 0.717) is 165 Å². The van der Waals surface area contributed by atoms with E-state index in [9.17, 15) is 19.2 Å². The van der Waals surface area contributed by atoms with Gasteiger partial charge in [-0.2, -0.15) is 0 Å². The first kappa shape index (κ1) is 69.1. The van der Waals surface area contributed by atoms with Crippen LogP contribution in [0.3, 0.4) is 0 Å². The Labute approximate surface area is 621 Å². The molecule has 10 aromatic carbocycles. The van der Waals surface area contributed by atoms with Crippen LogP contribution in [0, 0.1) is 0 Å². The highest BCUT2D eigenvalue weighted by Crippen LogP contribution is 2.55. The van der Waals surface area contributed by atoms with Gasteiger partial charge in [-0.25, -0.2) is 0 Å². The number of hydrogen-bond acceptors (Lipinski definition) is 12. The Morgan fingerprint density at radius 2 is 0.585 bits per heavy atom. The minimum absolute atomic E-state index is 0.207. The fourth-order valence-electron chi connectivity index (χ4n) is 19.1. The molecular formula is C89H85N5O10S2. The summed E-state index contributed by atoms with van der Waals surface area (Å²) in [5.74, 6) is -2.86. The number of hydrogen-bond donors (Lipinski definition) is 0. The van der Waals surface area contributed by atoms with Crippen LogP contribution in [-0.2, 0) is 0 Å². The number of rotatable bonds is 26. The van der Waals surface area contributed by atoms with Crippen LogP contribution in [0.2, 0.25) is 0 Å². The molecule has 4 aliphatic rings. The Balaban J connectivity index is 0.937. The number of benzene rings is 10. The molecule has 7 heterocycles. The summed E-state index contributed by atoms with van der Waals surface area (Å²) >= 11 is 2.78. The summed E-state index contributed by atoms with van der Waals surface area (Å²) in [6.07, 6.45) is 12.8. The lowest BCUT2D eigenvalue weighted by molar-refractivity contribution is 0.0505. The Kier molecular flexibility index (Phi) is 17.3. The molecular weight excluding hydrogens is 1360 g/mol. The quantitative estimate of drug-likeness (QED) is 0.0219. The van der Waals surface area contributed by atoms with Crippen molar-refractivity contribution in [3.05, 3.63) is 152 Å². The molecule has 15 nitrogen and oxygen atoms in total. The standard InChI is InChI=1S/C89H85N5O10S2/c1-10-19-40-104-94-66-44-68(64-42-62-54-33-37-58-74-56(82(96)91(84(58)98)46(22-13-4)23-14-5)35-29-50(70(54)74)52-31-39-60-76(72(52)62)78(64)89(103)93(86(60)100)48(26-17-8)27-18-9)106-80(66)79-65(87(94)101)43-67(105-79)63-41-61-53-32-36-57-73-55(81(95)90(83(57)97)45(20-11-2)21-12-3)34-28-49(69(53)73)51-30-38-59-75(71(51)61)77(63)88(102)92(85(59)99)47(24-15-6)25-16-7/h28-39,41-48H,10-27,40H2,1-9H3. The fourth-order valence-corrected chi connectivity index (χ4v) is 21.6. The van der Waals surface area contributed by atoms with Crippen molar-refractivity contribution in [2.24, 2.45) is 0 Å². The average Bonchev–Trinajstić information content (AvgIpc) is 0.917. The van der Waals surface area contributed by atoms with Crippen molar-refractivity contribution in [2.75, 3.05) is 6.61 Å². The van der Waals surface area contributed by atoms with Gasteiger partial charge < -0.3 is 4.84 Å². The maximum atomic E-state index is 16.2. The average molecular weight is 1450 g/mol. The van der Waals surface area contributed by atoms with Gasteiger partial charge in [-0.15, -0.1) is 27.4 Å². The van der Waals surface area contributed by atoms with E-state index in [1.165, 1.54) is 47.0 Å². The number of amides is 8. The van der Waals surface area contributed by atoms with E-state index >= 15 is 24.0 Å². The van der Waals surface area contributed by atoms with Gasteiger partial charge in [-0.3, -0.25) is 62.8 Å². The van der Waals surface area contributed by atoms with Crippen molar-refractivity contribution in [1.29, 1.82) is 0 Å². The number of carbonyl (C=O) groups is 8. The third-order valence-electron chi connectivity index (χ3n) is 23.6. The van der Waals surface area contributed by atoms with Crippen LogP contribution in [0.15, 0.2) is 102 Å². The summed E-state index contributed by atoms with van der Waals surface area (Å²) in [4.78, 5) is 153. The molecule has 0 atom stereocenters. The molecule has 0 fully saturated rings. The minimum atomic E-state index is -0.429. The van der Waals surface area contributed by atoms with Gasteiger partial charge in [0.1, 0.15) is 12.1 Å². The van der Waals surface area contributed by atoms with E-state index in [-0.39, 0.29) is 54.1 Å². The van der Waals surface area contributed by atoms with Crippen LogP contribution in [-0.4, -0.2) is 102 Å². The minimum Gasteiger partial charge on any atom is -0.410 e. The molecule has 0 saturated carbocycles. The summed E-state index contributed by atoms with van der Waals surface area (Å²) < 4.78 is 2.67. The molecule has 0 radical (unpaired) electrons. The zero-order chi connectivity index (χ0) is 73.7. The molecule has 0 unspecified atom stereocenters. The number of thiophene rings is 2. The lowest BCUT2D eigenvalue weighted by Gasteiger charge is -2.36. The SMILES string of the molecule is CCCCOn1c(=O)c2cc(-c3cc4c5ccc6c7c(ccc(c8ccc9c(c3C(=O)N(C(CCC)CCC)C9=O)c84)c75)C(=O)N(C(CCC)CCC)C6=O)sc2c2sc(-c3cc4c5ccc6c7c(ccc(c8ccc9c(c3C(=O)N(C(CCC)CCC)C9=O)c84)c75)C(=O)N(C(CCC)CCC)C6=O)cc21. The lowest BCUT2D eigenvalue weighted by Crippen LogP contribution is -2.47. The second-order valence-corrected chi connectivity index (χ2v) is 32.1. The molecule has 538 valence electrons. The predicted molar refractivity (Wildman–Crippen MR) is 428 cm³/mol. The molecule has 8 amide bonds. The number of imide groups is 4. The molecule has 4 aliphatic heterocycles. The van der Waals surface area contributed by atoms with Gasteiger partial charge in [0.2, 0.25) is 0 Å².